The van der Waals surface area contributed by atoms with Crippen LogP contribution in [-0.2, 0) is 0 Å². The van der Waals surface area contributed by atoms with Crippen LogP contribution in [0.3, 0.4) is 0 Å². The minimum Gasteiger partial charge on any atom is -0.493 e. The average molecular weight is 559 g/mol. The molecular weight excluding hydrogens is 528 g/mol. The van der Waals surface area contributed by atoms with Crippen molar-refractivity contribution < 1.29 is 18.3 Å². The second-order valence-corrected chi connectivity index (χ2v) is 10.1. The minimum absolute atomic E-state index is 0.0750. The van der Waals surface area contributed by atoms with Crippen molar-refractivity contribution in [1.82, 2.24) is 0 Å². The Kier molecular flexibility index (Phi) is 8.13. The lowest BCUT2D eigenvalue weighted by Gasteiger charge is -2.09. The first-order valence-electron chi connectivity index (χ1n) is 14.2. The van der Waals surface area contributed by atoms with Gasteiger partial charge in [0.2, 0.25) is 0 Å². The second kappa shape index (κ2) is 12.6. The summed E-state index contributed by atoms with van der Waals surface area (Å²) in [5.41, 5.74) is 2.59. The minimum atomic E-state index is -0.0750. The molecule has 0 saturated heterocycles. The van der Waals surface area contributed by atoms with E-state index in [9.17, 15) is 9.59 Å². The number of hydrogen-bond acceptors (Lipinski definition) is 6. The monoisotopic (exact) mass is 558 g/mol. The highest BCUT2D eigenvalue weighted by Crippen LogP contribution is 2.26. The van der Waals surface area contributed by atoms with Crippen LogP contribution in [-0.4, -0.2) is 13.2 Å². The Hall–Kier alpha value is -5.10. The van der Waals surface area contributed by atoms with Gasteiger partial charge in [0.25, 0.3) is 0 Å². The average Bonchev–Trinajstić information content (AvgIpc) is 3.03. The smallest absolute Gasteiger partial charge is 0.193 e. The fourth-order valence-electron chi connectivity index (χ4n) is 4.88. The summed E-state index contributed by atoms with van der Waals surface area (Å²) in [6, 6.07) is 32.9. The summed E-state index contributed by atoms with van der Waals surface area (Å²) in [6.45, 7) is 1.14. The number of ether oxygens (including phenoxy) is 2. The van der Waals surface area contributed by atoms with Crippen LogP contribution in [0.15, 0.2) is 128 Å². The van der Waals surface area contributed by atoms with Crippen molar-refractivity contribution in [3.8, 4) is 34.1 Å². The lowest BCUT2D eigenvalue weighted by atomic mass is 10.1. The molecule has 6 rings (SSSR count). The standard InChI is InChI=1S/C36H30O6/c37-31-23-33(25-11-5-3-6-12-25)41-35-21-27(15-17-29(31)35)39-19-9-1-2-10-20-40-28-16-18-30-32(38)24-34(42-36(30)22-28)26-13-7-4-8-14-26/h3-8,11-18,21-24H,1-2,9-10,19-20H2. The summed E-state index contributed by atoms with van der Waals surface area (Å²) >= 11 is 0. The third-order valence-electron chi connectivity index (χ3n) is 7.09. The van der Waals surface area contributed by atoms with Gasteiger partial charge in [0, 0.05) is 35.4 Å². The summed E-state index contributed by atoms with van der Waals surface area (Å²) in [7, 11) is 0. The number of unbranched alkanes of at least 4 members (excludes halogenated alkanes) is 3. The quantitative estimate of drug-likeness (QED) is 0.149. The van der Waals surface area contributed by atoms with Crippen LogP contribution in [0.2, 0.25) is 0 Å². The Labute approximate surface area is 242 Å². The first-order valence-corrected chi connectivity index (χ1v) is 14.2. The lowest BCUT2D eigenvalue weighted by Crippen LogP contribution is -2.03. The third kappa shape index (κ3) is 6.28. The molecule has 0 aliphatic carbocycles. The van der Waals surface area contributed by atoms with Gasteiger partial charge in [-0.3, -0.25) is 9.59 Å². The molecule has 4 aromatic carbocycles. The van der Waals surface area contributed by atoms with Gasteiger partial charge in [0.05, 0.1) is 24.0 Å². The molecule has 2 aromatic heterocycles. The van der Waals surface area contributed by atoms with E-state index in [1.54, 1.807) is 24.3 Å². The Morgan fingerprint density at radius 2 is 0.905 bits per heavy atom. The SMILES string of the molecule is O=c1cc(-c2ccccc2)oc2cc(OCCCCCCOc3ccc4c(=O)cc(-c5ccccc5)oc4c3)ccc12. The largest absolute Gasteiger partial charge is 0.493 e. The van der Waals surface area contributed by atoms with Crippen LogP contribution in [0.4, 0.5) is 0 Å². The zero-order valence-corrected chi connectivity index (χ0v) is 23.1. The van der Waals surface area contributed by atoms with Gasteiger partial charge in [0.15, 0.2) is 10.9 Å². The highest BCUT2D eigenvalue weighted by atomic mass is 16.5. The predicted molar refractivity (Wildman–Crippen MR) is 165 cm³/mol. The van der Waals surface area contributed by atoms with E-state index in [2.05, 4.69) is 0 Å². The molecule has 210 valence electrons. The molecule has 0 spiro atoms. The van der Waals surface area contributed by atoms with Crippen LogP contribution < -0.4 is 20.3 Å². The zero-order chi connectivity index (χ0) is 28.7. The van der Waals surface area contributed by atoms with E-state index < -0.39 is 0 Å². The molecule has 0 unspecified atom stereocenters. The highest BCUT2D eigenvalue weighted by Gasteiger charge is 2.10. The Morgan fingerprint density at radius 1 is 0.476 bits per heavy atom. The van der Waals surface area contributed by atoms with Crippen LogP contribution in [0.5, 0.6) is 11.5 Å². The maximum absolute atomic E-state index is 12.6. The van der Waals surface area contributed by atoms with E-state index in [0.29, 0.717) is 58.2 Å². The van der Waals surface area contributed by atoms with E-state index >= 15 is 0 Å². The molecular formula is C36H30O6. The molecule has 6 nitrogen and oxygen atoms in total. The summed E-state index contributed by atoms with van der Waals surface area (Å²) in [5.74, 6) is 2.44. The predicted octanol–water partition coefficient (Wildman–Crippen LogP) is 8.25. The van der Waals surface area contributed by atoms with E-state index in [4.69, 9.17) is 18.3 Å². The van der Waals surface area contributed by atoms with Gasteiger partial charge in [-0.1, -0.05) is 60.7 Å². The molecule has 0 aliphatic rings. The fraction of sp³-hybridized carbons (Fsp3) is 0.167. The van der Waals surface area contributed by atoms with Crippen LogP contribution in [0.25, 0.3) is 44.6 Å². The van der Waals surface area contributed by atoms with Gasteiger partial charge in [-0.2, -0.15) is 0 Å². The molecule has 0 saturated carbocycles. The Morgan fingerprint density at radius 3 is 1.33 bits per heavy atom. The first-order chi connectivity index (χ1) is 20.6. The molecule has 0 bridgehead atoms. The van der Waals surface area contributed by atoms with Crippen molar-refractivity contribution in [1.29, 1.82) is 0 Å². The number of rotatable bonds is 11. The molecule has 6 aromatic rings. The van der Waals surface area contributed by atoms with Gasteiger partial charge >= 0.3 is 0 Å². The highest BCUT2D eigenvalue weighted by molar-refractivity contribution is 5.81. The van der Waals surface area contributed by atoms with Crippen molar-refractivity contribution in [3.05, 3.63) is 130 Å². The number of benzene rings is 4. The maximum Gasteiger partial charge on any atom is 0.193 e. The molecule has 0 fully saturated rings. The van der Waals surface area contributed by atoms with E-state index in [1.807, 2.05) is 72.8 Å². The molecule has 2 heterocycles. The molecule has 0 amide bonds. The topological polar surface area (TPSA) is 78.9 Å². The second-order valence-electron chi connectivity index (χ2n) is 10.1. The summed E-state index contributed by atoms with van der Waals surface area (Å²) in [5, 5.41) is 1.07. The normalized spacial score (nSPS) is 11.1. The van der Waals surface area contributed by atoms with Gasteiger partial charge in [-0.05, 0) is 49.9 Å². The number of hydrogen-bond donors (Lipinski definition) is 0. The molecule has 0 aliphatic heterocycles. The number of fused-ring (bicyclic) bond motifs is 2. The summed E-state index contributed by atoms with van der Waals surface area (Å²) in [6.07, 6.45) is 3.79. The van der Waals surface area contributed by atoms with Crippen molar-refractivity contribution in [2.24, 2.45) is 0 Å². The molecule has 42 heavy (non-hydrogen) atoms. The molecule has 0 N–H and O–H groups in total. The Balaban J connectivity index is 0.970. The molecule has 6 heteroatoms. The zero-order valence-electron chi connectivity index (χ0n) is 23.1. The van der Waals surface area contributed by atoms with Crippen molar-refractivity contribution in [3.63, 3.8) is 0 Å². The maximum atomic E-state index is 12.6. The van der Waals surface area contributed by atoms with Gasteiger partial charge in [-0.25, -0.2) is 0 Å². The van der Waals surface area contributed by atoms with Crippen LogP contribution >= 0.6 is 0 Å². The molecule has 0 radical (unpaired) electrons. The lowest BCUT2D eigenvalue weighted by molar-refractivity contribution is 0.287. The van der Waals surface area contributed by atoms with Crippen molar-refractivity contribution in [2.45, 2.75) is 25.7 Å². The Bertz CT molecular complexity index is 1780. The van der Waals surface area contributed by atoms with Crippen LogP contribution in [0, 0.1) is 0 Å². The summed E-state index contributed by atoms with van der Waals surface area (Å²) in [4.78, 5) is 25.1. The van der Waals surface area contributed by atoms with Crippen LogP contribution in [0.1, 0.15) is 25.7 Å². The van der Waals surface area contributed by atoms with Gasteiger partial charge in [-0.15, -0.1) is 0 Å². The van der Waals surface area contributed by atoms with Crippen molar-refractivity contribution >= 4 is 21.9 Å². The van der Waals surface area contributed by atoms with Crippen molar-refractivity contribution in [2.75, 3.05) is 13.2 Å². The van der Waals surface area contributed by atoms with E-state index in [1.165, 1.54) is 12.1 Å². The third-order valence-corrected chi connectivity index (χ3v) is 7.09. The summed E-state index contributed by atoms with van der Waals surface area (Å²) < 4.78 is 23.9. The van der Waals surface area contributed by atoms with Gasteiger partial charge < -0.3 is 18.3 Å². The first kappa shape index (κ1) is 27.1. The van der Waals surface area contributed by atoms with Gasteiger partial charge in [0.1, 0.15) is 34.2 Å². The molecule has 0 atom stereocenters. The van der Waals surface area contributed by atoms with E-state index in [-0.39, 0.29) is 10.9 Å². The fourth-order valence-corrected chi connectivity index (χ4v) is 4.88. The van der Waals surface area contributed by atoms with E-state index in [0.717, 1.165) is 36.8 Å².